The summed E-state index contributed by atoms with van der Waals surface area (Å²) in [7, 11) is 0. The Kier molecular flexibility index (Phi) is 5.60. The normalized spacial score (nSPS) is 23.8. The molecule has 19 heavy (non-hydrogen) atoms. The molecule has 0 saturated carbocycles. The van der Waals surface area contributed by atoms with Gasteiger partial charge in [0.05, 0.1) is 6.54 Å². The first-order valence-corrected chi connectivity index (χ1v) is 7.65. The third-order valence-corrected chi connectivity index (χ3v) is 4.57. The summed E-state index contributed by atoms with van der Waals surface area (Å²) in [4.78, 5) is 19.0. The standard InChI is InChI=1S/C14H28N4O/c1-2-16-7-9-17(10-8-16)12-14(19)18-5-3-13(11-15)4-6-18/h13H,2-12,15H2,1H3. The van der Waals surface area contributed by atoms with Crippen LogP contribution in [0.1, 0.15) is 19.8 Å². The summed E-state index contributed by atoms with van der Waals surface area (Å²) in [6.45, 7) is 10.7. The topological polar surface area (TPSA) is 52.8 Å². The maximum atomic E-state index is 12.3. The summed E-state index contributed by atoms with van der Waals surface area (Å²) < 4.78 is 0. The molecule has 0 unspecified atom stereocenters. The van der Waals surface area contributed by atoms with Crippen LogP contribution in [-0.4, -0.2) is 79.5 Å². The molecule has 2 N–H and O–H groups in total. The lowest BCUT2D eigenvalue weighted by atomic mass is 9.97. The number of carbonyl (C=O) groups is 1. The number of hydrogen-bond acceptors (Lipinski definition) is 4. The fourth-order valence-electron chi connectivity index (χ4n) is 2.97. The Morgan fingerprint density at radius 2 is 1.63 bits per heavy atom. The van der Waals surface area contributed by atoms with Gasteiger partial charge < -0.3 is 15.5 Å². The molecule has 1 amide bonds. The first kappa shape index (κ1) is 14.8. The van der Waals surface area contributed by atoms with E-state index in [9.17, 15) is 4.79 Å². The molecule has 0 aromatic heterocycles. The van der Waals surface area contributed by atoms with Gasteiger partial charge in [-0.15, -0.1) is 0 Å². The van der Waals surface area contributed by atoms with Gasteiger partial charge in [-0.1, -0.05) is 6.92 Å². The van der Waals surface area contributed by atoms with E-state index in [1.54, 1.807) is 0 Å². The highest BCUT2D eigenvalue weighted by atomic mass is 16.2. The molecule has 0 atom stereocenters. The molecule has 2 aliphatic heterocycles. The number of likely N-dealkylation sites (tertiary alicyclic amines) is 1. The number of nitrogens with two attached hydrogens (primary N) is 1. The Hall–Kier alpha value is -0.650. The van der Waals surface area contributed by atoms with Gasteiger partial charge in [-0.25, -0.2) is 0 Å². The van der Waals surface area contributed by atoms with Gasteiger partial charge in [0.2, 0.25) is 5.91 Å². The summed E-state index contributed by atoms with van der Waals surface area (Å²) in [5.41, 5.74) is 5.68. The van der Waals surface area contributed by atoms with Gasteiger partial charge >= 0.3 is 0 Å². The number of amides is 1. The van der Waals surface area contributed by atoms with E-state index in [1.165, 1.54) is 0 Å². The van der Waals surface area contributed by atoms with Crippen molar-refractivity contribution in [2.24, 2.45) is 11.7 Å². The van der Waals surface area contributed by atoms with Crippen LogP contribution in [-0.2, 0) is 4.79 Å². The molecule has 2 rings (SSSR count). The van der Waals surface area contributed by atoms with E-state index in [1.807, 2.05) is 4.90 Å². The monoisotopic (exact) mass is 268 g/mol. The number of rotatable bonds is 4. The number of piperidine rings is 1. The van der Waals surface area contributed by atoms with Crippen LogP contribution in [0.4, 0.5) is 0 Å². The highest BCUT2D eigenvalue weighted by molar-refractivity contribution is 5.78. The van der Waals surface area contributed by atoms with Gasteiger partial charge in [0.25, 0.3) is 0 Å². The summed E-state index contributed by atoms with van der Waals surface area (Å²) in [5, 5.41) is 0. The van der Waals surface area contributed by atoms with Crippen molar-refractivity contribution in [3.8, 4) is 0 Å². The van der Waals surface area contributed by atoms with E-state index in [-0.39, 0.29) is 0 Å². The SMILES string of the molecule is CCN1CCN(CC(=O)N2CCC(CN)CC2)CC1. The van der Waals surface area contributed by atoms with E-state index in [2.05, 4.69) is 16.7 Å². The molecule has 0 aromatic carbocycles. The van der Waals surface area contributed by atoms with Gasteiger partial charge in [0.15, 0.2) is 0 Å². The zero-order valence-electron chi connectivity index (χ0n) is 12.2. The number of likely N-dealkylation sites (N-methyl/N-ethyl adjacent to an activating group) is 1. The van der Waals surface area contributed by atoms with E-state index in [0.29, 0.717) is 18.4 Å². The number of hydrogen-bond donors (Lipinski definition) is 1. The van der Waals surface area contributed by atoms with E-state index >= 15 is 0 Å². The maximum Gasteiger partial charge on any atom is 0.236 e. The van der Waals surface area contributed by atoms with Crippen molar-refractivity contribution in [2.75, 3.05) is 58.9 Å². The van der Waals surface area contributed by atoms with Crippen LogP contribution in [0.25, 0.3) is 0 Å². The van der Waals surface area contributed by atoms with Crippen molar-refractivity contribution >= 4 is 5.91 Å². The van der Waals surface area contributed by atoms with Gasteiger partial charge in [-0.05, 0) is 31.8 Å². The summed E-state index contributed by atoms with van der Waals surface area (Å²) >= 11 is 0. The minimum Gasteiger partial charge on any atom is -0.342 e. The summed E-state index contributed by atoms with van der Waals surface area (Å²) in [5.74, 6) is 0.928. The maximum absolute atomic E-state index is 12.3. The average Bonchev–Trinajstić information content (AvgIpc) is 2.48. The molecule has 2 saturated heterocycles. The second-order valence-corrected chi connectivity index (χ2v) is 5.77. The van der Waals surface area contributed by atoms with Gasteiger partial charge in [0.1, 0.15) is 0 Å². The Bertz CT molecular complexity index is 281. The Morgan fingerprint density at radius 1 is 1.05 bits per heavy atom. The minimum absolute atomic E-state index is 0.306. The number of piperazine rings is 1. The second kappa shape index (κ2) is 7.22. The van der Waals surface area contributed by atoms with Crippen LogP contribution < -0.4 is 5.73 Å². The number of carbonyl (C=O) groups excluding carboxylic acids is 1. The van der Waals surface area contributed by atoms with E-state index in [0.717, 1.165) is 65.2 Å². The van der Waals surface area contributed by atoms with Crippen LogP contribution in [0.5, 0.6) is 0 Å². The molecule has 5 nitrogen and oxygen atoms in total. The van der Waals surface area contributed by atoms with E-state index in [4.69, 9.17) is 5.73 Å². The molecule has 2 aliphatic rings. The van der Waals surface area contributed by atoms with Gasteiger partial charge in [-0.2, -0.15) is 0 Å². The molecule has 0 spiro atoms. The van der Waals surface area contributed by atoms with Crippen LogP contribution >= 0.6 is 0 Å². The van der Waals surface area contributed by atoms with Crippen LogP contribution in [0.2, 0.25) is 0 Å². The Morgan fingerprint density at radius 3 is 2.16 bits per heavy atom. The number of nitrogens with zero attached hydrogens (tertiary/aromatic N) is 3. The van der Waals surface area contributed by atoms with Crippen molar-refractivity contribution in [1.82, 2.24) is 14.7 Å². The largest absolute Gasteiger partial charge is 0.342 e. The zero-order chi connectivity index (χ0) is 13.7. The smallest absolute Gasteiger partial charge is 0.236 e. The fraction of sp³-hybridized carbons (Fsp3) is 0.929. The molecule has 0 aliphatic carbocycles. The lowest BCUT2D eigenvalue weighted by molar-refractivity contribution is -0.134. The van der Waals surface area contributed by atoms with Crippen molar-refractivity contribution in [1.29, 1.82) is 0 Å². The molecule has 2 fully saturated rings. The Balaban J connectivity index is 1.70. The van der Waals surface area contributed by atoms with Crippen LogP contribution in [0, 0.1) is 5.92 Å². The quantitative estimate of drug-likeness (QED) is 0.768. The lowest BCUT2D eigenvalue weighted by Crippen LogP contribution is -2.51. The third-order valence-electron chi connectivity index (χ3n) is 4.57. The molecule has 0 radical (unpaired) electrons. The molecule has 0 aromatic rings. The van der Waals surface area contributed by atoms with Crippen LogP contribution in [0.3, 0.4) is 0 Å². The molecule has 2 heterocycles. The first-order valence-electron chi connectivity index (χ1n) is 7.65. The molecular weight excluding hydrogens is 240 g/mol. The van der Waals surface area contributed by atoms with Crippen molar-refractivity contribution in [3.63, 3.8) is 0 Å². The van der Waals surface area contributed by atoms with Gasteiger partial charge in [0, 0.05) is 39.3 Å². The molecule has 5 heteroatoms. The zero-order valence-corrected chi connectivity index (χ0v) is 12.2. The first-order chi connectivity index (χ1) is 9.22. The summed E-state index contributed by atoms with van der Waals surface area (Å²) in [6, 6.07) is 0. The van der Waals surface area contributed by atoms with Crippen molar-refractivity contribution in [2.45, 2.75) is 19.8 Å². The van der Waals surface area contributed by atoms with Gasteiger partial charge in [-0.3, -0.25) is 9.69 Å². The third kappa shape index (κ3) is 4.16. The molecule has 110 valence electrons. The van der Waals surface area contributed by atoms with Crippen LogP contribution in [0.15, 0.2) is 0 Å². The molecular formula is C14H28N4O. The second-order valence-electron chi connectivity index (χ2n) is 5.77. The molecule has 0 bridgehead atoms. The minimum atomic E-state index is 0.306. The highest BCUT2D eigenvalue weighted by Crippen LogP contribution is 2.16. The lowest BCUT2D eigenvalue weighted by Gasteiger charge is -2.36. The summed E-state index contributed by atoms with van der Waals surface area (Å²) in [6.07, 6.45) is 2.15. The Labute approximate surface area is 116 Å². The van der Waals surface area contributed by atoms with Crippen molar-refractivity contribution in [3.05, 3.63) is 0 Å². The predicted molar refractivity (Wildman–Crippen MR) is 76.9 cm³/mol. The van der Waals surface area contributed by atoms with Crippen molar-refractivity contribution < 1.29 is 4.79 Å². The van der Waals surface area contributed by atoms with E-state index < -0.39 is 0 Å². The predicted octanol–water partition coefficient (Wildman–Crippen LogP) is -0.179. The average molecular weight is 268 g/mol. The highest BCUT2D eigenvalue weighted by Gasteiger charge is 2.24. The fourth-order valence-corrected chi connectivity index (χ4v) is 2.97.